The van der Waals surface area contributed by atoms with Crippen molar-refractivity contribution in [3.8, 4) is 0 Å². The summed E-state index contributed by atoms with van der Waals surface area (Å²) in [7, 11) is 1.36. The van der Waals surface area contributed by atoms with Crippen LogP contribution in [0.4, 0.5) is 11.5 Å². The fraction of sp³-hybridized carbons (Fsp3) is 0.188. The molecule has 23 heavy (non-hydrogen) atoms. The van der Waals surface area contributed by atoms with Crippen molar-refractivity contribution in [2.45, 2.75) is 13.8 Å². The van der Waals surface area contributed by atoms with Crippen molar-refractivity contribution in [3.05, 3.63) is 45.6 Å². The second kappa shape index (κ2) is 6.14. The van der Waals surface area contributed by atoms with E-state index in [2.05, 4.69) is 15.3 Å². The predicted octanol–water partition coefficient (Wildman–Crippen LogP) is 4.49. The third-order valence-electron chi connectivity index (χ3n) is 3.45. The van der Waals surface area contributed by atoms with E-state index in [1.54, 1.807) is 0 Å². The van der Waals surface area contributed by atoms with Gasteiger partial charge in [0.1, 0.15) is 15.5 Å². The van der Waals surface area contributed by atoms with Crippen molar-refractivity contribution in [3.63, 3.8) is 0 Å². The number of esters is 1. The standard InChI is InChI=1S/C16H14ClN3O2S/c1-8-4-6-10(7-5-8)18-13-11-9(2)12(15(21)22-3)23-14(11)20-16(17)19-13/h4-7H,1-3H3,(H,18,19,20). The molecule has 3 aromatic rings. The SMILES string of the molecule is COC(=O)c1sc2nc(Cl)nc(Nc3ccc(C)cc3)c2c1C. The van der Waals surface area contributed by atoms with Crippen LogP contribution in [-0.4, -0.2) is 23.0 Å². The van der Waals surface area contributed by atoms with Crippen LogP contribution < -0.4 is 5.32 Å². The molecule has 0 saturated heterocycles. The molecule has 0 amide bonds. The summed E-state index contributed by atoms with van der Waals surface area (Å²) in [6.45, 7) is 3.87. The van der Waals surface area contributed by atoms with Gasteiger partial charge in [0.05, 0.1) is 12.5 Å². The fourth-order valence-electron chi connectivity index (χ4n) is 2.26. The molecule has 0 spiro atoms. The van der Waals surface area contributed by atoms with Crippen LogP contribution in [0.25, 0.3) is 10.2 Å². The first-order valence-corrected chi connectivity index (χ1v) is 8.07. The number of benzene rings is 1. The summed E-state index contributed by atoms with van der Waals surface area (Å²) in [5, 5.41) is 4.15. The molecule has 2 aromatic heterocycles. The number of carbonyl (C=O) groups excluding carboxylic acids is 1. The van der Waals surface area contributed by atoms with Gasteiger partial charge in [-0.1, -0.05) is 17.7 Å². The summed E-state index contributed by atoms with van der Waals surface area (Å²) < 4.78 is 4.82. The minimum atomic E-state index is -0.386. The van der Waals surface area contributed by atoms with Gasteiger partial charge < -0.3 is 10.1 Å². The van der Waals surface area contributed by atoms with Crippen LogP contribution >= 0.6 is 22.9 Å². The van der Waals surface area contributed by atoms with E-state index in [9.17, 15) is 4.79 Å². The molecule has 0 aliphatic heterocycles. The van der Waals surface area contributed by atoms with Crippen LogP contribution in [0.3, 0.4) is 0 Å². The van der Waals surface area contributed by atoms with Gasteiger partial charge in [0.2, 0.25) is 5.28 Å². The molecule has 1 aromatic carbocycles. The number of nitrogens with one attached hydrogen (secondary N) is 1. The second-order valence-corrected chi connectivity index (χ2v) is 6.40. The first kappa shape index (κ1) is 15.7. The number of ether oxygens (including phenoxy) is 1. The van der Waals surface area contributed by atoms with E-state index in [-0.39, 0.29) is 11.3 Å². The summed E-state index contributed by atoms with van der Waals surface area (Å²) in [4.78, 5) is 21.5. The third-order valence-corrected chi connectivity index (χ3v) is 4.78. The number of hydrogen-bond donors (Lipinski definition) is 1. The van der Waals surface area contributed by atoms with Gasteiger partial charge in [-0.3, -0.25) is 0 Å². The Kier molecular flexibility index (Phi) is 4.19. The lowest BCUT2D eigenvalue weighted by Crippen LogP contribution is -2.00. The van der Waals surface area contributed by atoms with Crippen molar-refractivity contribution < 1.29 is 9.53 Å². The van der Waals surface area contributed by atoms with Crippen molar-refractivity contribution >= 4 is 50.6 Å². The molecule has 0 atom stereocenters. The average Bonchev–Trinajstić information content (AvgIpc) is 2.85. The average molecular weight is 348 g/mol. The van der Waals surface area contributed by atoms with E-state index in [0.29, 0.717) is 15.5 Å². The number of methoxy groups -OCH3 is 1. The highest BCUT2D eigenvalue weighted by Gasteiger charge is 2.20. The van der Waals surface area contributed by atoms with Crippen molar-refractivity contribution in [1.29, 1.82) is 0 Å². The molecule has 0 aliphatic carbocycles. The van der Waals surface area contributed by atoms with Crippen LogP contribution in [0.5, 0.6) is 0 Å². The summed E-state index contributed by atoms with van der Waals surface area (Å²) in [6, 6.07) is 7.92. The fourth-order valence-corrected chi connectivity index (χ4v) is 3.58. The first-order valence-electron chi connectivity index (χ1n) is 6.88. The maximum atomic E-state index is 11.9. The Balaban J connectivity index is 2.13. The Morgan fingerprint density at radius 3 is 2.57 bits per heavy atom. The maximum absolute atomic E-state index is 11.9. The summed E-state index contributed by atoms with van der Waals surface area (Å²) in [5.74, 6) is 0.190. The molecule has 5 nitrogen and oxygen atoms in total. The normalized spacial score (nSPS) is 10.8. The number of aryl methyl sites for hydroxylation is 2. The zero-order valence-corrected chi connectivity index (χ0v) is 14.4. The Bertz CT molecular complexity index is 890. The van der Waals surface area contributed by atoms with Crippen LogP contribution in [0.15, 0.2) is 24.3 Å². The highest BCUT2D eigenvalue weighted by molar-refractivity contribution is 7.20. The minimum Gasteiger partial charge on any atom is -0.465 e. The number of hydrogen-bond acceptors (Lipinski definition) is 6. The van der Waals surface area contributed by atoms with E-state index >= 15 is 0 Å². The van der Waals surface area contributed by atoms with Gasteiger partial charge in [0, 0.05) is 5.69 Å². The molecule has 7 heteroatoms. The summed E-state index contributed by atoms with van der Waals surface area (Å²) in [5.41, 5.74) is 2.83. The molecule has 0 fully saturated rings. The van der Waals surface area contributed by atoms with E-state index < -0.39 is 0 Å². The van der Waals surface area contributed by atoms with Crippen LogP contribution in [0.1, 0.15) is 20.8 Å². The predicted molar refractivity (Wildman–Crippen MR) is 93.0 cm³/mol. The van der Waals surface area contributed by atoms with Gasteiger partial charge in [0.25, 0.3) is 0 Å². The largest absolute Gasteiger partial charge is 0.465 e. The van der Waals surface area contributed by atoms with Crippen LogP contribution in [-0.2, 0) is 4.74 Å². The van der Waals surface area contributed by atoms with Crippen LogP contribution in [0.2, 0.25) is 5.28 Å². The zero-order chi connectivity index (χ0) is 16.6. The molecule has 0 unspecified atom stereocenters. The molecule has 0 saturated carbocycles. The maximum Gasteiger partial charge on any atom is 0.348 e. The van der Waals surface area contributed by atoms with Gasteiger partial charge in [0.15, 0.2) is 0 Å². The van der Waals surface area contributed by atoms with Crippen molar-refractivity contribution in [1.82, 2.24) is 9.97 Å². The minimum absolute atomic E-state index is 0.129. The van der Waals surface area contributed by atoms with Gasteiger partial charge in [-0.2, -0.15) is 4.98 Å². The number of carbonyl (C=O) groups is 1. The van der Waals surface area contributed by atoms with Gasteiger partial charge in [-0.25, -0.2) is 9.78 Å². The lowest BCUT2D eigenvalue weighted by atomic mass is 10.2. The zero-order valence-electron chi connectivity index (χ0n) is 12.8. The third kappa shape index (κ3) is 3.00. The monoisotopic (exact) mass is 347 g/mol. The van der Waals surface area contributed by atoms with E-state index in [1.165, 1.54) is 24.0 Å². The smallest absolute Gasteiger partial charge is 0.348 e. The second-order valence-electron chi connectivity index (χ2n) is 5.06. The van der Waals surface area contributed by atoms with Crippen molar-refractivity contribution in [2.24, 2.45) is 0 Å². The first-order chi connectivity index (χ1) is 11.0. The molecule has 0 radical (unpaired) electrons. The van der Waals surface area contributed by atoms with Gasteiger partial charge in [-0.05, 0) is 43.1 Å². The molecule has 0 aliphatic rings. The highest BCUT2D eigenvalue weighted by atomic mass is 35.5. The molecular weight excluding hydrogens is 334 g/mol. The van der Waals surface area contributed by atoms with Gasteiger partial charge in [-0.15, -0.1) is 11.3 Å². The molecule has 3 rings (SSSR count). The number of rotatable bonds is 3. The number of anilines is 2. The number of nitrogens with zero attached hydrogens (tertiary/aromatic N) is 2. The van der Waals surface area contributed by atoms with Crippen molar-refractivity contribution in [2.75, 3.05) is 12.4 Å². The quantitative estimate of drug-likeness (QED) is 0.558. The summed E-state index contributed by atoms with van der Waals surface area (Å²) in [6.07, 6.45) is 0. The summed E-state index contributed by atoms with van der Waals surface area (Å²) >= 11 is 7.27. The topological polar surface area (TPSA) is 64.1 Å². The lowest BCUT2D eigenvalue weighted by Gasteiger charge is -2.08. The molecule has 1 N–H and O–H groups in total. The Morgan fingerprint density at radius 2 is 1.91 bits per heavy atom. The Morgan fingerprint density at radius 1 is 1.22 bits per heavy atom. The van der Waals surface area contributed by atoms with E-state index in [4.69, 9.17) is 16.3 Å². The molecule has 2 heterocycles. The molecule has 118 valence electrons. The Labute approximate surface area is 142 Å². The number of aromatic nitrogens is 2. The lowest BCUT2D eigenvalue weighted by molar-refractivity contribution is 0.0605. The molecular formula is C16H14ClN3O2S. The van der Waals surface area contributed by atoms with E-state index in [1.807, 2.05) is 38.1 Å². The Hall–Kier alpha value is -2.18. The highest BCUT2D eigenvalue weighted by Crippen LogP contribution is 2.36. The number of thiophene rings is 1. The van der Waals surface area contributed by atoms with Gasteiger partial charge >= 0.3 is 5.97 Å². The number of halogens is 1. The number of fused-ring (bicyclic) bond motifs is 1. The van der Waals surface area contributed by atoms with Crippen LogP contribution in [0, 0.1) is 13.8 Å². The molecule has 0 bridgehead atoms. The van der Waals surface area contributed by atoms with E-state index in [0.717, 1.165) is 16.6 Å².